The van der Waals surface area contributed by atoms with Crippen molar-refractivity contribution in [2.45, 2.75) is 13.0 Å². The van der Waals surface area contributed by atoms with Crippen LogP contribution in [0.3, 0.4) is 0 Å². The molecule has 0 spiro atoms. The van der Waals surface area contributed by atoms with Crippen LogP contribution >= 0.6 is 11.3 Å². The fourth-order valence-electron chi connectivity index (χ4n) is 1.05. The highest BCUT2D eigenvalue weighted by Gasteiger charge is 2.07. The van der Waals surface area contributed by atoms with Crippen LogP contribution in [0.1, 0.15) is 17.8 Å². The van der Waals surface area contributed by atoms with Gasteiger partial charge in [-0.2, -0.15) is 0 Å². The molecule has 70 valence electrons. The molecular weight excluding hydrogens is 180 g/mol. The highest BCUT2D eigenvalue weighted by Crippen LogP contribution is 2.17. The van der Waals surface area contributed by atoms with Crippen molar-refractivity contribution >= 4 is 11.3 Å². The van der Waals surface area contributed by atoms with Gasteiger partial charge in [0.05, 0.1) is 12.6 Å². The van der Waals surface area contributed by atoms with E-state index in [1.54, 1.807) is 11.3 Å². The number of thiophene rings is 1. The van der Waals surface area contributed by atoms with Gasteiger partial charge in [0.15, 0.2) is 0 Å². The lowest BCUT2D eigenvalue weighted by molar-refractivity contribution is 0.591. The van der Waals surface area contributed by atoms with Crippen LogP contribution in [0.2, 0.25) is 0 Å². The SMILES string of the molecule is CC#CCNC(CN)c1cccs1. The van der Waals surface area contributed by atoms with Crippen molar-refractivity contribution in [3.63, 3.8) is 0 Å². The van der Waals surface area contributed by atoms with Crippen LogP contribution in [0, 0.1) is 11.8 Å². The Morgan fingerprint density at radius 1 is 1.69 bits per heavy atom. The molecule has 0 amide bonds. The van der Waals surface area contributed by atoms with Crippen molar-refractivity contribution in [1.29, 1.82) is 0 Å². The van der Waals surface area contributed by atoms with E-state index in [9.17, 15) is 0 Å². The zero-order chi connectivity index (χ0) is 9.52. The molecule has 0 aromatic carbocycles. The van der Waals surface area contributed by atoms with Crippen LogP contribution in [0.4, 0.5) is 0 Å². The molecule has 0 saturated heterocycles. The first kappa shape index (κ1) is 10.3. The van der Waals surface area contributed by atoms with E-state index in [-0.39, 0.29) is 6.04 Å². The normalized spacial score (nSPS) is 11.8. The minimum atomic E-state index is 0.251. The number of hydrogen-bond donors (Lipinski definition) is 2. The Balaban J connectivity index is 2.47. The van der Waals surface area contributed by atoms with Gasteiger partial charge in [0.25, 0.3) is 0 Å². The maximum absolute atomic E-state index is 5.64. The Hall–Kier alpha value is -0.820. The molecule has 1 unspecified atom stereocenters. The van der Waals surface area contributed by atoms with E-state index in [2.05, 4.69) is 28.6 Å². The number of nitrogens with one attached hydrogen (secondary N) is 1. The van der Waals surface area contributed by atoms with Crippen LogP contribution in [-0.2, 0) is 0 Å². The van der Waals surface area contributed by atoms with Gasteiger partial charge in [-0.3, -0.25) is 5.32 Å². The summed E-state index contributed by atoms with van der Waals surface area (Å²) < 4.78 is 0. The van der Waals surface area contributed by atoms with Crippen molar-refractivity contribution in [2.75, 3.05) is 13.1 Å². The van der Waals surface area contributed by atoms with Crippen LogP contribution in [0.25, 0.3) is 0 Å². The van der Waals surface area contributed by atoms with Gasteiger partial charge in [-0.05, 0) is 18.4 Å². The zero-order valence-corrected chi connectivity index (χ0v) is 8.53. The van der Waals surface area contributed by atoms with Crippen molar-refractivity contribution < 1.29 is 0 Å². The molecule has 13 heavy (non-hydrogen) atoms. The highest BCUT2D eigenvalue weighted by molar-refractivity contribution is 7.10. The Bertz CT molecular complexity index is 282. The average molecular weight is 194 g/mol. The second kappa shape index (κ2) is 5.76. The van der Waals surface area contributed by atoms with E-state index in [1.165, 1.54) is 4.88 Å². The molecule has 1 aromatic rings. The molecule has 0 aliphatic carbocycles. The van der Waals surface area contributed by atoms with Gasteiger partial charge in [0.1, 0.15) is 0 Å². The summed E-state index contributed by atoms with van der Waals surface area (Å²) in [5.41, 5.74) is 5.64. The van der Waals surface area contributed by atoms with Gasteiger partial charge in [0, 0.05) is 11.4 Å². The van der Waals surface area contributed by atoms with Crippen molar-refractivity contribution in [2.24, 2.45) is 5.73 Å². The maximum atomic E-state index is 5.64. The van der Waals surface area contributed by atoms with Crippen molar-refractivity contribution in [3.05, 3.63) is 22.4 Å². The first-order valence-corrected chi connectivity index (χ1v) is 5.13. The molecule has 0 bridgehead atoms. The third-order valence-corrected chi connectivity index (χ3v) is 2.72. The van der Waals surface area contributed by atoms with Gasteiger partial charge in [-0.1, -0.05) is 12.0 Å². The lowest BCUT2D eigenvalue weighted by atomic mass is 10.2. The third-order valence-electron chi connectivity index (χ3n) is 1.74. The van der Waals surface area contributed by atoms with Crippen molar-refractivity contribution in [3.8, 4) is 11.8 Å². The Morgan fingerprint density at radius 2 is 2.54 bits per heavy atom. The summed E-state index contributed by atoms with van der Waals surface area (Å²) in [4.78, 5) is 1.28. The first-order chi connectivity index (χ1) is 6.38. The van der Waals surface area contributed by atoms with Crippen molar-refractivity contribution in [1.82, 2.24) is 5.32 Å². The van der Waals surface area contributed by atoms with E-state index in [4.69, 9.17) is 5.73 Å². The summed E-state index contributed by atoms with van der Waals surface area (Å²) in [6.45, 7) is 3.16. The largest absolute Gasteiger partial charge is 0.329 e. The molecule has 1 aromatic heterocycles. The zero-order valence-electron chi connectivity index (χ0n) is 7.71. The number of rotatable bonds is 4. The number of hydrogen-bond acceptors (Lipinski definition) is 3. The van der Waals surface area contributed by atoms with E-state index < -0.39 is 0 Å². The summed E-state index contributed by atoms with van der Waals surface area (Å²) >= 11 is 1.72. The fraction of sp³-hybridized carbons (Fsp3) is 0.400. The van der Waals surface area contributed by atoms with Gasteiger partial charge >= 0.3 is 0 Å². The summed E-state index contributed by atoms with van der Waals surface area (Å²) in [7, 11) is 0. The molecule has 0 aliphatic heterocycles. The molecule has 2 nitrogen and oxygen atoms in total. The average Bonchev–Trinajstić information content (AvgIpc) is 2.65. The van der Waals surface area contributed by atoms with Crippen LogP contribution in [0.5, 0.6) is 0 Å². The van der Waals surface area contributed by atoms with E-state index in [1.807, 2.05) is 13.0 Å². The molecule has 0 saturated carbocycles. The summed E-state index contributed by atoms with van der Waals surface area (Å²) in [6, 6.07) is 4.38. The minimum absolute atomic E-state index is 0.251. The summed E-state index contributed by atoms with van der Waals surface area (Å²) in [6.07, 6.45) is 0. The predicted octanol–water partition coefficient (Wildman–Crippen LogP) is 1.36. The molecule has 1 rings (SSSR count). The quantitative estimate of drug-likeness (QED) is 0.710. The molecule has 0 aliphatic rings. The Morgan fingerprint density at radius 3 is 3.08 bits per heavy atom. The molecular formula is C10H14N2S. The van der Waals surface area contributed by atoms with Crippen LogP contribution < -0.4 is 11.1 Å². The first-order valence-electron chi connectivity index (χ1n) is 4.25. The minimum Gasteiger partial charge on any atom is -0.329 e. The lowest BCUT2D eigenvalue weighted by Crippen LogP contribution is -2.27. The highest BCUT2D eigenvalue weighted by atomic mass is 32.1. The second-order valence-electron chi connectivity index (χ2n) is 2.61. The maximum Gasteiger partial charge on any atom is 0.0581 e. The van der Waals surface area contributed by atoms with Gasteiger partial charge in [-0.15, -0.1) is 17.3 Å². The van der Waals surface area contributed by atoms with Gasteiger partial charge in [0.2, 0.25) is 0 Å². The fourth-order valence-corrected chi connectivity index (χ4v) is 1.87. The molecule has 3 heteroatoms. The second-order valence-corrected chi connectivity index (χ2v) is 3.59. The van der Waals surface area contributed by atoms with E-state index >= 15 is 0 Å². The predicted molar refractivity (Wildman–Crippen MR) is 57.6 cm³/mol. The third kappa shape index (κ3) is 3.19. The molecule has 0 radical (unpaired) electrons. The summed E-state index contributed by atoms with van der Waals surface area (Å²) in [5.74, 6) is 5.81. The van der Waals surface area contributed by atoms with E-state index in [0.29, 0.717) is 13.1 Å². The molecule has 1 atom stereocenters. The topological polar surface area (TPSA) is 38.0 Å². The monoisotopic (exact) mass is 194 g/mol. The molecule has 0 fully saturated rings. The molecule has 3 N–H and O–H groups in total. The van der Waals surface area contributed by atoms with E-state index in [0.717, 1.165) is 0 Å². The number of nitrogens with two attached hydrogens (primary N) is 1. The van der Waals surface area contributed by atoms with Crippen LogP contribution in [-0.4, -0.2) is 13.1 Å². The van der Waals surface area contributed by atoms with Gasteiger partial charge in [-0.25, -0.2) is 0 Å². The summed E-state index contributed by atoms with van der Waals surface area (Å²) in [5, 5.41) is 5.35. The smallest absolute Gasteiger partial charge is 0.0581 e. The Kier molecular flexibility index (Phi) is 4.55. The Labute approximate surface area is 83.2 Å². The van der Waals surface area contributed by atoms with Crippen LogP contribution in [0.15, 0.2) is 17.5 Å². The molecule has 1 heterocycles. The van der Waals surface area contributed by atoms with Gasteiger partial charge < -0.3 is 5.73 Å². The lowest BCUT2D eigenvalue weighted by Gasteiger charge is -2.12. The standard InChI is InChI=1S/C10H14N2S/c1-2-3-6-12-9(8-11)10-5-4-7-13-10/h4-5,7,9,12H,6,8,11H2,1H3.